The van der Waals surface area contributed by atoms with Crippen LogP contribution in [-0.4, -0.2) is 11.9 Å². The predicted molar refractivity (Wildman–Crippen MR) is 83.7 cm³/mol. The Balaban J connectivity index is 1.39. The van der Waals surface area contributed by atoms with E-state index in [-0.39, 0.29) is 17.8 Å². The van der Waals surface area contributed by atoms with Gasteiger partial charge in [-0.2, -0.15) is 0 Å². The van der Waals surface area contributed by atoms with Crippen molar-refractivity contribution >= 4 is 12.0 Å². The Hall–Kier alpha value is -2.42. The van der Waals surface area contributed by atoms with Crippen LogP contribution in [0.3, 0.4) is 0 Å². The van der Waals surface area contributed by atoms with Crippen LogP contribution in [0.25, 0.3) is 6.08 Å². The summed E-state index contributed by atoms with van der Waals surface area (Å²) in [4.78, 5) is 12.0. The number of nitrogens with one attached hydrogen (secondary N) is 1. The average molecular weight is 293 g/mol. The van der Waals surface area contributed by atoms with E-state index in [1.165, 1.54) is 29.3 Å². The average Bonchev–Trinajstić information content (AvgIpc) is 3.03. The highest BCUT2D eigenvalue weighted by molar-refractivity contribution is 5.92. The molecule has 2 aromatic rings. The smallest absolute Gasteiger partial charge is 0.244 e. The van der Waals surface area contributed by atoms with E-state index in [2.05, 4.69) is 29.6 Å². The molecule has 0 aliphatic heterocycles. The molecule has 1 N–H and O–H groups in total. The molecule has 0 saturated heterocycles. The maximum atomic E-state index is 13.1. The number of halogens is 1. The predicted octanol–water partition coefficient (Wildman–Crippen LogP) is 3.29. The normalized spacial score (nSPS) is 24.9. The van der Waals surface area contributed by atoms with Gasteiger partial charge in [-0.3, -0.25) is 4.79 Å². The number of fused-ring (bicyclic) bond motifs is 3. The maximum Gasteiger partial charge on any atom is 0.244 e. The van der Waals surface area contributed by atoms with Gasteiger partial charge in [-0.05, 0) is 47.2 Å². The number of carbonyl (C=O) groups is 1. The van der Waals surface area contributed by atoms with E-state index in [1.54, 1.807) is 18.2 Å². The Morgan fingerprint density at radius 1 is 1.18 bits per heavy atom. The molecule has 0 bridgehead atoms. The lowest BCUT2D eigenvalue weighted by Gasteiger charge is -2.07. The van der Waals surface area contributed by atoms with Crippen molar-refractivity contribution < 1.29 is 9.18 Å². The third kappa shape index (κ3) is 2.33. The second kappa shape index (κ2) is 5.09. The minimum Gasteiger partial charge on any atom is -0.349 e. The van der Waals surface area contributed by atoms with Gasteiger partial charge in [0, 0.05) is 18.0 Å². The van der Waals surface area contributed by atoms with E-state index in [1.807, 2.05) is 0 Å². The number of rotatable bonds is 3. The summed E-state index contributed by atoms with van der Waals surface area (Å²) in [6.07, 6.45) is 4.18. The summed E-state index contributed by atoms with van der Waals surface area (Å²) in [6, 6.07) is 14.9. The fourth-order valence-corrected chi connectivity index (χ4v) is 3.54. The number of hydrogen-bond donors (Lipinski definition) is 1. The van der Waals surface area contributed by atoms with Crippen molar-refractivity contribution in [1.29, 1.82) is 0 Å². The van der Waals surface area contributed by atoms with Crippen molar-refractivity contribution in [2.75, 3.05) is 0 Å². The van der Waals surface area contributed by atoms with E-state index in [0.29, 0.717) is 17.4 Å². The first-order valence-corrected chi connectivity index (χ1v) is 7.54. The Morgan fingerprint density at radius 2 is 2.05 bits per heavy atom. The van der Waals surface area contributed by atoms with Crippen LogP contribution in [0.4, 0.5) is 4.39 Å². The summed E-state index contributed by atoms with van der Waals surface area (Å²) in [5, 5.41) is 3.06. The summed E-state index contributed by atoms with van der Waals surface area (Å²) in [6.45, 7) is 0. The van der Waals surface area contributed by atoms with Crippen LogP contribution in [-0.2, 0) is 11.2 Å². The minimum absolute atomic E-state index is 0.110. The fraction of sp³-hybridized carbons (Fsp3) is 0.211. The lowest BCUT2D eigenvalue weighted by Crippen LogP contribution is -2.26. The molecule has 2 nitrogen and oxygen atoms in total. The fourth-order valence-electron chi connectivity index (χ4n) is 3.54. The first-order chi connectivity index (χ1) is 10.7. The molecule has 2 aliphatic rings. The van der Waals surface area contributed by atoms with Crippen molar-refractivity contribution in [3.63, 3.8) is 0 Å². The molecular formula is C19H16FNO. The molecule has 3 heteroatoms. The molecule has 3 atom stereocenters. The van der Waals surface area contributed by atoms with E-state index in [9.17, 15) is 9.18 Å². The van der Waals surface area contributed by atoms with Gasteiger partial charge in [0.05, 0.1) is 0 Å². The lowest BCUT2D eigenvalue weighted by molar-refractivity contribution is -0.116. The zero-order chi connectivity index (χ0) is 15.1. The van der Waals surface area contributed by atoms with Gasteiger partial charge >= 0.3 is 0 Å². The van der Waals surface area contributed by atoms with E-state index < -0.39 is 0 Å². The molecule has 110 valence electrons. The molecule has 0 unspecified atom stereocenters. The van der Waals surface area contributed by atoms with Crippen molar-refractivity contribution in [3.8, 4) is 0 Å². The molecule has 0 aromatic heterocycles. The van der Waals surface area contributed by atoms with Crippen LogP contribution in [0.5, 0.6) is 0 Å². The first kappa shape index (κ1) is 13.3. The summed E-state index contributed by atoms with van der Waals surface area (Å²) < 4.78 is 13.1. The summed E-state index contributed by atoms with van der Waals surface area (Å²) >= 11 is 0. The topological polar surface area (TPSA) is 29.1 Å². The largest absolute Gasteiger partial charge is 0.349 e. The molecule has 0 radical (unpaired) electrons. The van der Waals surface area contributed by atoms with Crippen LogP contribution >= 0.6 is 0 Å². The van der Waals surface area contributed by atoms with Crippen LogP contribution < -0.4 is 5.32 Å². The molecular weight excluding hydrogens is 277 g/mol. The molecule has 0 spiro atoms. The summed E-state index contributed by atoms with van der Waals surface area (Å²) in [5.74, 6) is 0.615. The molecule has 1 amide bonds. The summed E-state index contributed by atoms with van der Waals surface area (Å²) in [5.41, 5.74) is 3.49. The van der Waals surface area contributed by atoms with Gasteiger partial charge in [0.15, 0.2) is 0 Å². The number of benzene rings is 2. The summed E-state index contributed by atoms with van der Waals surface area (Å²) in [7, 11) is 0. The second-order valence-electron chi connectivity index (χ2n) is 6.02. The third-order valence-corrected chi connectivity index (χ3v) is 4.62. The van der Waals surface area contributed by atoms with Gasteiger partial charge in [-0.25, -0.2) is 4.39 Å². The zero-order valence-electron chi connectivity index (χ0n) is 12.0. The van der Waals surface area contributed by atoms with Crippen LogP contribution in [0, 0.1) is 11.7 Å². The molecule has 1 fully saturated rings. The highest BCUT2D eigenvalue weighted by Gasteiger charge is 2.55. The SMILES string of the molecule is O=C(C=Cc1cccc(F)c1)N[C@@H]1[C@H]2Cc3ccccc3[C@H]21. The Morgan fingerprint density at radius 3 is 2.91 bits per heavy atom. The van der Waals surface area contributed by atoms with Gasteiger partial charge in [-0.15, -0.1) is 0 Å². The maximum absolute atomic E-state index is 13.1. The molecule has 1 saturated carbocycles. The van der Waals surface area contributed by atoms with Crippen LogP contribution in [0.15, 0.2) is 54.6 Å². The number of amides is 1. The molecule has 2 aromatic carbocycles. The number of hydrogen-bond acceptors (Lipinski definition) is 1. The van der Waals surface area contributed by atoms with Gasteiger partial charge in [-0.1, -0.05) is 36.4 Å². The van der Waals surface area contributed by atoms with Crippen molar-refractivity contribution in [2.24, 2.45) is 5.92 Å². The minimum atomic E-state index is -0.295. The number of carbonyl (C=O) groups excluding carboxylic acids is 1. The Bertz CT molecular complexity index is 768. The molecule has 2 aliphatic carbocycles. The first-order valence-electron chi connectivity index (χ1n) is 7.54. The highest BCUT2D eigenvalue weighted by Crippen LogP contribution is 2.56. The van der Waals surface area contributed by atoms with E-state index in [4.69, 9.17) is 0 Å². The highest BCUT2D eigenvalue weighted by atomic mass is 19.1. The quantitative estimate of drug-likeness (QED) is 0.864. The molecule has 4 rings (SSSR count). The van der Waals surface area contributed by atoms with Crippen molar-refractivity contribution in [3.05, 3.63) is 77.1 Å². The van der Waals surface area contributed by atoms with Crippen LogP contribution in [0.2, 0.25) is 0 Å². The van der Waals surface area contributed by atoms with E-state index >= 15 is 0 Å². The van der Waals surface area contributed by atoms with Gasteiger partial charge < -0.3 is 5.32 Å². The Labute approximate surface area is 128 Å². The zero-order valence-corrected chi connectivity index (χ0v) is 12.0. The van der Waals surface area contributed by atoms with Crippen molar-refractivity contribution in [1.82, 2.24) is 5.32 Å². The standard InChI is InChI=1S/C19H16FNO/c20-14-6-3-4-12(10-14)8-9-17(22)21-19-16-11-13-5-1-2-7-15(13)18(16)19/h1-10,16,18-19H,11H2,(H,21,22)/t16-,18+,19+/m0/s1. The Kier molecular flexibility index (Phi) is 3.07. The molecule has 0 heterocycles. The monoisotopic (exact) mass is 293 g/mol. The third-order valence-electron chi connectivity index (χ3n) is 4.62. The van der Waals surface area contributed by atoms with Crippen LogP contribution in [0.1, 0.15) is 22.6 Å². The molecule has 22 heavy (non-hydrogen) atoms. The van der Waals surface area contributed by atoms with Crippen molar-refractivity contribution in [2.45, 2.75) is 18.4 Å². The van der Waals surface area contributed by atoms with E-state index in [0.717, 1.165) is 6.42 Å². The van der Waals surface area contributed by atoms with Gasteiger partial charge in [0.1, 0.15) is 5.82 Å². The van der Waals surface area contributed by atoms with Gasteiger partial charge in [0.2, 0.25) is 5.91 Å². The second-order valence-corrected chi connectivity index (χ2v) is 6.02. The van der Waals surface area contributed by atoms with Gasteiger partial charge in [0.25, 0.3) is 0 Å². The lowest BCUT2D eigenvalue weighted by atomic mass is 10.1.